The first-order valence-corrected chi connectivity index (χ1v) is 9.13. The lowest BCUT2D eigenvalue weighted by atomic mass is 10.1. The number of hydrogen-bond acceptors (Lipinski definition) is 6. The average Bonchev–Trinajstić information content (AvgIpc) is 2.67. The van der Waals surface area contributed by atoms with Crippen LogP contribution in [0.1, 0.15) is 40.5 Å². The standard InChI is InChI=1S/C21H27N3O4/c1-7-15(11-25)24-17-10-14(4)23-21(18(17)20(26)22-5)28-19-12(2)8-16(27-6)9-13(19)3/h8-11,15H,7H2,1-6H3,(H,22,26)(H,23,24). The fraction of sp³-hybridized carbons (Fsp3) is 0.381. The Morgan fingerprint density at radius 1 is 1.21 bits per heavy atom. The van der Waals surface area contributed by atoms with Crippen LogP contribution in [0.2, 0.25) is 0 Å². The molecule has 0 aliphatic carbocycles. The Morgan fingerprint density at radius 3 is 2.36 bits per heavy atom. The molecular weight excluding hydrogens is 358 g/mol. The van der Waals surface area contributed by atoms with Crippen molar-refractivity contribution in [3.05, 3.63) is 40.6 Å². The van der Waals surface area contributed by atoms with Crippen LogP contribution in [0, 0.1) is 20.8 Å². The van der Waals surface area contributed by atoms with Crippen molar-refractivity contribution in [3.63, 3.8) is 0 Å². The van der Waals surface area contributed by atoms with Crippen molar-refractivity contribution in [2.75, 3.05) is 19.5 Å². The van der Waals surface area contributed by atoms with Crippen LogP contribution in [0.3, 0.4) is 0 Å². The third-order valence-corrected chi connectivity index (χ3v) is 4.38. The Morgan fingerprint density at radius 2 is 1.86 bits per heavy atom. The molecule has 2 aromatic rings. The summed E-state index contributed by atoms with van der Waals surface area (Å²) in [6, 6.07) is 5.03. The number of rotatable bonds is 8. The fourth-order valence-electron chi connectivity index (χ4n) is 2.89. The van der Waals surface area contributed by atoms with E-state index in [0.29, 0.717) is 23.6 Å². The first kappa shape index (κ1) is 21.2. The first-order chi connectivity index (χ1) is 13.3. The van der Waals surface area contributed by atoms with E-state index in [9.17, 15) is 9.59 Å². The summed E-state index contributed by atoms with van der Waals surface area (Å²) in [5.74, 6) is 1.16. The lowest BCUT2D eigenvalue weighted by molar-refractivity contribution is -0.108. The van der Waals surface area contributed by atoms with E-state index in [2.05, 4.69) is 15.6 Å². The number of pyridine rings is 1. The van der Waals surface area contributed by atoms with Crippen LogP contribution in [-0.4, -0.2) is 37.4 Å². The molecule has 0 aliphatic rings. The van der Waals surface area contributed by atoms with Gasteiger partial charge in [0.05, 0.1) is 18.8 Å². The molecule has 1 unspecified atom stereocenters. The van der Waals surface area contributed by atoms with Crippen molar-refractivity contribution < 1.29 is 19.1 Å². The molecule has 0 bridgehead atoms. The molecule has 150 valence electrons. The Labute approximate surface area is 165 Å². The monoisotopic (exact) mass is 385 g/mol. The van der Waals surface area contributed by atoms with Gasteiger partial charge in [-0.15, -0.1) is 0 Å². The lowest BCUT2D eigenvalue weighted by Crippen LogP contribution is -2.25. The Hall–Kier alpha value is -3.09. The maximum Gasteiger partial charge on any atom is 0.258 e. The summed E-state index contributed by atoms with van der Waals surface area (Å²) in [5, 5.41) is 5.72. The molecular formula is C21H27N3O4. The number of ether oxygens (including phenoxy) is 2. The molecule has 0 saturated carbocycles. The minimum atomic E-state index is -0.414. The van der Waals surface area contributed by atoms with Crippen molar-refractivity contribution >= 4 is 17.9 Å². The summed E-state index contributed by atoms with van der Waals surface area (Å²) in [4.78, 5) is 28.3. The molecule has 28 heavy (non-hydrogen) atoms. The molecule has 1 aromatic carbocycles. The van der Waals surface area contributed by atoms with Crippen LogP contribution in [0.15, 0.2) is 18.2 Å². The highest BCUT2D eigenvalue weighted by Gasteiger charge is 2.22. The second kappa shape index (κ2) is 9.21. The van der Waals surface area contributed by atoms with E-state index in [1.54, 1.807) is 20.1 Å². The number of nitrogens with zero attached hydrogens (tertiary/aromatic N) is 1. The number of aryl methyl sites for hydroxylation is 3. The van der Waals surface area contributed by atoms with Crippen molar-refractivity contribution in [2.45, 2.75) is 40.2 Å². The quantitative estimate of drug-likeness (QED) is 0.676. The summed E-state index contributed by atoms with van der Waals surface area (Å²) in [6.45, 7) is 7.50. The van der Waals surface area contributed by atoms with Crippen LogP contribution >= 0.6 is 0 Å². The average molecular weight is 385 g/mol. The molecule has 7 nitrogen and oxygen atoms in total. The second-order valence-electron chi connectivity index (χ2n) is 6.56. The van der Waals surface area contributed by atoms with Gasteiger partial charge in [0.25, 0.3) is 5.91 Å². The summed E-state index contributed by atoms with van der Waals surface area (Å²) >= 11 is 0. The zero-order chi connectivity index (χ0) is 20.8. The molecule has 2 rings (SSSR count). The number of nitrogens with one attached hydrogen (secondary N) is 2. The van der Waals surface area contributed by atoms with Crippen LogP contribution in [0.25, 0.3) is 0 Å². The minimum Gasteiger partial charge on any atom is -0.497 e. The van der Waals surface area contributed by atoms with Gasteiger partial charge in [-0.2, -0.15) is 0 Å². The second-order valence-corrected chi connectivity index (χ2v) is 6.56. The van der Waals surface area contributed by atoms with Crippen molar-refractivity contribution in [1.82, 2.24) is 10.3 Å². The van der Waals surface area contributed by atoms with E-state index in [1.165, 1.54) is 7.05 Å². The number of aromatic nitrogens is 1. The van der Waals surface area contributed by atoms with Gasteiger partial charge in [0.15, 0.2) is 0 Å². The minimum absolute atomic E-state index is 0.180. The zero-order valence-electron chi connectivity index (χ0n) is 17.2. The van der Waals surface area contributed by atoms with E-state index in [1.807, 2.05) is 32.9 Å². The summed E-state index contributed by atoms with van der Waals surface area (Å²) in [5.41, 5.74) is 3.14. The van der Waals surface area contributed by atoms with Gasteiger partial charge < -0.3 is 24.9 Å². The molecule has 1 heterocycles. The summed E-state index contributed by atoms with van der Waals surface area (Å²) < 4.78 is 11.4. The SMILES string of the molecule is CCC(C=O)Nc1cc(C)nc(Oc2c(C)cc(OC)cc2C)c1C(=O)NC. The summed E-state index contributed by atoms with van der Waals surface area (Å²) in [7, 11) is 3.15. The van der Waals surface area contributed by atoms with Crippen LogP contribution < -0.4 is 20.1 Å². The van der Waals surface area contributed by atoms with Gasteiger partial charge in [0.2, 0.25) is 5.88 Å². The number of benzene rings is 1. The number of carbonyl (C=O) groups is 2. The molecule has 1 atom stereocenters. The smallest absolute Gasteiger partial charge is 0.258 e. The van der Waals surface area contributed by atoms with E-state index in [-0.39, 0.29) is 17.4 Å². The van der Waals surface area contributed by atoms with Crippen LogP contribution in [-0.2, 0) is 4.79 Å². The Balaban J connectivity index is 2.59. The largest absolute Gasteiger partial charge is 0.497 e. The molecule has 0 spiro atoms. The van der Waals surface area contributed by atoms with Crippen molar-refractivity contribution in [2.24, 2.45) is 0 Å². The van der Waals surface area contributed by atoms with Gasteiger partial charge in [0, 0.05) is 12.7 Å². The molecule has 1 aromatic heterocycles. The molecule has 0 radical (unpaired) electrons. The molecule has 0 aliphatic heterocycles. The van der Waals surface area contributed by atoms with Gasteiger partial charge in [-0.3, -0.25) is 4.79 Å². The van der Waals surface area contributed by atoms with Crippen LogP contribution in [0.4, 0.5) is 5.69 Å². The van der Waals surface area contributed by atoms with Crippen molar-refractivity contribution in [1.29, 1.82) is 0 Å². The number of methoxy groups -OCH3 is 1. The third kappa shape index (κ3) is 4.60. The number of anilines is 1. The zero-order valence-corrected chi connectivity index (χ0v) is 17.2. The van der Waals surface area contributed by atoms with Gasteiger partial charge in [-0.05, 0) is 56.5 Å². The highest BCUT2D eigenvalue weighted by molar-refractivity contribution is 6.02. The molecule has 0 saturated heterocycles. The number of aldehydes is 1. The number of amides is 1. The first-order valence-electron chi connectivity index (χ1n) is 9.13. The third-order valence-electron chi connectivity index (χ3n) is 4.38. The lowest BCUT2D eigenvalue weighted by Gasteiger charge is -2.20. The summed E-state index contributed by atoms with van der Waals surface area (Å²) in [6.07, 6.45) is 1.41. The van der Waals surface area contributed by atoms with E-state index in [4.69, 9.17) is 9.47 Å². The number of carbonyl (C=O) groups excluding carboxylic acids is 2. The topological polar surface area (TPSA) is 89.6 Å². The fourth-order valence-corrected chi connectivity index (χ4v) is 2.89. The van der Waals surface area contributed by atoms with E-state index < -0.39 is 6.04 Å². The maximum absolute atomic E-state index is 12.6. The Kier molecular flexibility index (Phi) is 6.98. The highest BCUT2D eigenvalue weighted by Crippen LogP contribution is 2.35. The van der Waals surface area contributed by atoms with Gasteiger partial charge >= 0.3 is 0 Å². The Bertz CT molecular complexity index is 857. The van der Waals surface area contributed by atoms with E-state index >= 15 is 0 Å². The van der Waals surface area contributed by atoms with Gasteiger partial charge in [-0.1, -0.05) is 6.92 Å². The molecule has 2 N–H and O–H groups in total. The number of hydrogen-bond donors (Lipinski definition) is 2. The van der Waals surface area contributed by atoms with Crippen LogP contribution in [0.5, 0.6) is 17.4 Å². The maximum atomic E-state index is 12.6. The molecule has 7 heteroatoms. The molecule has 0 fully saturated rings. The van der Waals surface area contributed by atoms with Gasteiger partial charge in [0.1, 0.15) is 23.3 Å². The highest BCUT2D eigenvalue weighted by atomic mass is 16.5. The van der Waals surface area contributed by atoms with E-state index in [0.717, 1.165) is 23.2 Å². The van der Waals surface area contributed by atoms with Crippen molar-refractivity contribution in [3.8, 4) is 17.4 Å². The predicted octanol–water partition coefficient (Wildman–Crippen LogP) is 3.56. The van der Waals surface area contributed by atoms with Gasteiger partial charge in [-0.25, -0.2) is 4.98 Å². The molecule has 1 amide bonds. The predicted molar refractivity (Wildman–Crippen MR) is 109 cm³/mol. The normalized spacial score (nSPS) is 11.5.